The number of nitrogens with zero attached hydrogens (tertiary/aromatic N) is 3. The maximum atomic E-state index is 5.31. The summed E-state index contributed by atoms with van der Waals surface area (Å²) >= 11 is 1.88. The molecule has 0 radical (unpaired) electrons. The molecule has 1 atom stereocenters. The van der Waals surface area contributed by atoms with Crippen LogP contribution in [0.1, 0.15) is 22.3 Å². The van der Waals surface area contributed by atoms with Crippen molar-refractivity contribution in [3.63, 3.8) is 0 Å². The lowest BCUT2D eigenvalue weighted by molar-refractivity contribution is 0.776. The summed E-state index contributed by atoms with van der Waals surface area (Å²) in [6, 6.07) is 77.0. The van der Waals surface area contributed by atoms with E-state index in [4.69, 9.17) is 15.0 Å². The van der Waals surface area contributed by atoms with Gasteiger partial charge in [0.2, 0.25) is 0 Å². The summed E-state index contributed by atoms with van der Waals surface area (Å²) in [5, 5.41) is 2.63. The van der Waals surface area contributed by atoms with Crippen molar-refractivity contribution in [2.45, 2.75) is 5.41 Å². The molecule has 0 saturated carbocycles. The van der Waals surface area contributed by atoms with Crippen molar-refractivity contribution in [3.8, 4) is 78.7 Å². The molecule has 2 aromatic heterocycles. The Balaban J connectivity index is 1.11. The third kappa shape index (κ3) is 5.08. The summed E-state index contributed by atoms with van der Waals surface area (Å²) < 4.78 is 2.61. The van der Waals surface area contributed by atoms with Crippen LogP contribution in [0.25, 0.3) is 98.8 Å². The smallest absolute Gasteiger partial charge is 0.164 e. The zero-order valence-electron chi connectivity index (χ0n) is 33.5. The van der Waals surface area contributed by atoms with E-state index in [0.717, 1.165) is 22.3 Å². The van der Waals surface area contributed by atoms with Crippen molar-refractivity contribution in [1.29, 1.82) is 0 Å². The molecule has 13 rings (SSSR count). The molecule has 2 aliphatic rings. The molecule has 0 N–H and O–H groups in total. The van der Waals surface area contributed by atoms with Crippen LogP contribution in [-0.2, 0) is 5.41 Å². The van der Waals surface area contributed by atoms with Crippen molar-refractivity contribution in [1.82, 2.24) is 15.0 Å². The van der Waals surface area contributed by atoms with E-state index in [1.54, 1.807) is 0 Å². The minimum absolute atomic E-state index is 0.635. The van der Waals surface area contributed by atoms with Crippen LogP contribution in [0.5, 0.6) is 0 Å². The van der Waals surface area contributed by atoms with Crippen LogP contribution >= 0.6 is 11.3 Å². The Bertz CT molecular complexity index is 3570. The van der Waals surface area contributed by atoms with E-state index in [1.165, 1.54) is 81.4 Å². The van der Waals surface area contributed by atoms with Gasteiger partial charge in [0.15, 0.2) is 17.5 Å². The first-order valence-electron chi connectivity index (χ1n) is 21.1. The molecule has 9 aromatic carbocycles. The molecule has 1 unspecified atom stereocenters. The van der Waals surface area contributed by atoms with E-state index in [9.17, 15) is 0 Å². The zero-order chi connectivity index (χ0) is 40.8. The van der Waals surface area contributed by atoms with Crippen LogP contribution in [0.2, 0.25) is 0 Å². The predicted octanol–water partition coefficient (Wildman–Crippen LogP) is 14.9. The highest BCUT2D eigenvalue weighted by Gasteiger charge is 2.50. The summed E-state index contributed by atoms with van der Waals surface area (Å²) in [5.74, 6) is 1.91. The van der Waals surface area contributed by atoms with Crippen molar-refractivity contribution < 1.29 is 0 Å². The van der Waals surface area contributed by atoms with E-state index in [2.05, 4.69) is 188 Å². The Kier molecular flexibility index (Phi) is 7.69. The summed E-state index contributed by atoms with van der Waals surface area (Å²) in [5.41, 5.74) is 17.0. The zero-order valence-corrected chi connectivity index (χ0v) is 34.3. The van der Waals surface area contributed by atoms with Gasteiger partial charge in [-0.25, -0.2) is 15.0 Å². The van der Waals surface area contributed by atoms with E-state index in [-0.39, 0.29) is 0 Å². The highest BCUT2D eigenvalue weighted by Crippen LogP contribution is 2.63. The van der Waals surface area contributed by atoms with Crippen LogP contribution < -0.4 is 0 Å². The van der Waals surface area contributed by atoms with Crippen LogP contribution in [0.15, 0.2) is 212 Å². The minimum Gasteiger partial charge on any atom is -0.208 e. The van der Waals surface area contributed by atoms with Gasteiger partial charge in [-0.1, -0.05) is 194 Å². The predicted molar refractivity (Wildman–Crippen MR) is 256 cm³/mol. The Morgan fingerprint density at radius 3 is 1.50 bits per heavy atom. The summed E-state index contributed by atoms with van der Waals surface area (Å²) in [4.78, 5) is 15.7. The quantitative estimate of drug-likeness (QED) is 0.178. The maximum Gasteiger partial charge on any atom is 0.164 e. The molecule has 288 valence electrons. The van der Waals surface area contributed by atoms with E-state index < -0.39 is 5.41 Å². The molecule has 0 amide bonds. The van der Waals surface area contributed by atoms with Gasteiger partial charge in [0.1, 0.15) is 0 Å². The van der Waals surface area contributed by atoms with Crippen LogP contribution in [0.4, 0.5) is 0 Å². The van der Waals surface area contributed by atoms with Crippen molar-refractivity contribution in [2.24, 2.45) is 0 Å². The van der Waals surface area contributed by atoms with Gasteiger partial charge in [-0.2, -0.15) is 0 Å². The maximum absolute atomic E-state index is 5.31. The number of thiophene rings is 1. The monoisotopic (exact) mass is 805 g/mol. The highest BCUT2D eigenvalue weighted by atomic mass is 32.1. The lowest BCUT2D eigenvalue weighted by atomic mass is 9.65. The standard InChI is InChI=1S/C58H35N3S/c1-3-15-36(16-4-1)37-27-29-39(30-28-37)56-59-55(38-17-5-2-6-18-38)60-57(61-56)40-31-32-44-42-20-8-7-19-41(42)43-21-9-12-24-47(43)58(50(44)35-40)48-25-13-10-22-45(48)53-49(58)33-34-52-54(53)46-23-11-14-26-51(46)62-52/h1-35H. The van der Waals surface area contributed by atoms with Gasteiger partial charge in [-0.15, -0.1) is 11.3 Å². The van der Waals surface area contributed by atoms with Gasteiger partial charge in [-0.05, 0) is 85.0 Å². The molecular weight excluding hydrogens is 771 g/mol. The number of hydrogen-bond donors (Lipinski definition) is 0. The second-order valence-corrected chi connectivity index (χ2v) is 17.3. The fourth-order valence-electron chi connectivity index (χ4n) is 10.3. The molecular formula is C58H35N3S. The molecule has 4 heteroatoms. The van der Waals surface area contributed by atoms with Crippen molar-refractivity contribution >= 4 is 31.5 Å². The Hall–Kier alpha value is -7.79. The third-order valence-electron chi connectivity index (χ3n) is 13.0. The highest BCUT2D eigenvalue weighted by molar-refractivity contribution is 7.26. The molecule has 0 saturated heterocycles. The second-order valence-electron chi connectivity index (χ2n) is 16.2. The molecule has 2 heterocycles. The molecule has 62 heavy (non-hydrogen) atoms. The largest absolute Gasteiger partial charge is 0.208 e. The van der Waals surface area contributed by atoms with Crippen LogP contribution in [0.3, 0.4) is 0 Å². The molecule has 11 aromatic rings. The third-order valence-corrected chi connectivity index (χ3v) is 14.1. The molecule has 3 nitrogen and oxygen atoms in total. The van der Waals surface area contributed by atoms with E-state index in [0.29, 0.717) is 17.5 Å². The van der Waals surface area contributed by atoms with Gasteiger partial charge in [0.25, 0.3) is 0 Å². The van der Waals surface area contributed by atoms with Gasteiger partial charge >= 0.3 is 0 Å². The number of aromatic nitrogens is 3. The Morgan fingerprint density at radius 2 is 0.790 bits per heavy atom. The second kappa shape index (κ2) is 13.6. The van der Waals surface area contributed by atoms with Crippen LogP contribution in [0, 0.1) is 0 Å². The lowest BCUT2D eigenvalue weighted by Crippen LogP contribution is -2.29. The summed E-state index contributed by atoms with van der Waals surface area (Å²) in [7, 11) is 0. The SMILES string of the molecule is c1ccc(-c2ccc(-c3nc(-c4ccccc4)nc(-c4ccc5c(c4)C4(c6ccccc6-c6ccccc6-5)c5ccccc5-c5c4ccc4sc6ccccc6c54)n3)cc2)cc1. The van der Waals surface area contributed by atoms with Gasteiger partial charge in [0.05, 0.1) is 5.41 Å². The lowest BCUT2D eigenvalue weighted by Gasteiger charge is -2.35. The van der Waals surface area contributed by atoms with Crippen molar-refractivity contribution in [2.75, 3.05) is 0 Å². The van der Waals surface area contributed by atoms with Crippen molar-refractivity contribution in [3.05, 3.63) is 235 Å². The fraction of sp³-hybridized carbons (Fsp3) is 0.0172. The minimum atomic E-state index is -0.657. The average molecular weight is 806 g/mol. The molecule has 0 aliphatic heterocycles. The first-order valence-corrected chi connectivity index (χ1v) is 21.9. The number of fused-ring (bicyclic) bond motifs is 16. The van der Waals surface area contributed by atoms with Crippen LogP contribution in [-0.4, -0.2) is 15.0 Å². The average Bonchev–Trinajstić information content (AvgIpc) is 3.85. The van der Waals surface area contributed by atoms with Gasteiger partial charge in [0, 0.05) is 36.9 Å². The number of benzene rings is 9. The number of hydrogen-bond acceptors (Lipinski definition) is 4. The fourth-order valence-corrected chi connectivity index (χ4v) is 11.4. The van der Waals surface area contributed by atoms with Gasteiger partial charge < -0.3 is 0 Å². The van der Waals surface area contributed by atoms with E-state index in [1.807, 2.05) is 35.6 Å². The molecule has 2 aliphatic carbocycles. The first-order chi connectivity index (χ1) is 30.7. The Labute approximate surface area is 363 Å². The molecule has 0 fully saturated rings. The van der Waals surface area contributed by atoms with Gasteiger partial charge in [-0.3, -0.25) is 0 Å². The normalized spacial score (nSPS) is 14.5. The molecule has 0 bridgehead atoms. The Morgan fingerprint density at radius 1 is 0.306 bits per heavy atom. The molecule has 1 spiro atoms. The summed E-state index contributed by atoms with van der Waals surface area (Å²) in [6.07, 6.45) is 0. The first kappa shape index (κ1) is 35.0. The topological polar surface area (TPSA) is 38.7 Å². The number of rotatable bonds is 4. The summed E-state index contributed by atoms with van der Waals surface area (Å²) in [6.45, 7) is 0. The van der Waals surface area contributed by atoms with E-state index >= 15 is 0 Å².